The lowest BCUT2D eigenvalue weighted by atomic mass is 9.53. The molecular weight excluding hydrogens is 636 g/mol. The van der Waals surface area contributed by atoms with Crippen LogP contribution >= 0.6 is 0 Å². The second kappa shape index (κ2) is 15.6. The van der Waals surface area contributed by atoms with Crippen molar-refractivity contribution in [3.63, 3.8) is 0 Å². The quantitative estimate of drug-likeness (QED) is 0.246. The van der Waals surface area contributed by atoms with Crippen molar-refractivity contribution in [2.75, 3.05) is 7.11 Å². The van der Waals surface area contributed by atoms with E-state index in [9.17, 15) is 34.2 Å². The number of rotatable bonds is 2. The van der Waals surface area contributed by atoms with Crippen molar-refractivity contribution in [2.24, 2.45) is 40.9 Å². The molecule has 2 bridgehead atoms. The first-order valence-corrected chi connectivity index (χ1v) is 18.9. The largest absolute Gasteiger partial charge is 0.469 e. The summed E-state index contributed by atoms with van der Waals surface area (Å²) in [5.74, 6) is -4.00. The van der Waals surface area contributed by atoms with E-state index >= 15 is 0 Å². The standard InChI is InChI=1S/C41H62O9/c1-23(2)28-20-31(42)26(5)12-10-11-24(3)18-32(43)29-19-27(6)37-30(41(29,21-33(28)44)38(46)49-9)17-25(4)13-14-35(45)39(7,47)16-15-36-40(8,48)22-34(37)50-36/h17,23-24,26,28-30,34,36,47-48H,10-16,18-22H2,1-9H3/b25-17+/t24-,26+,28?,29+,30-,34+,36+,39+,40-,41+/m1/s1. The Morgan fingerprint density at radius 2 is 1.62 bits per heavy atom. The van der Waals surface area contributed by atoms with Crippen molar-refractivity contribution < 1.29 is 43.7 Å². The molecule has 0 aromatic heterocycles. The molecule has 1 unspecified atom stereocenters. The van der Waals surface area contributed by atoms with E-state index in [4.69, 9.17) is 9.47 Å². The normalized spacial score (nSPS) is 41.2. The van der Waals surface area contributed by atoms with Gasteiger partial charge < -0.3 is 19.7 Å². The summed E-state index contributed by atoms with van der Waals surface area (Å²) in [6.45, 7) is 14.8. The summed E-state index contributed by atoms with van der Waals surface area (Å²) < 4.78 is 12.2. The second-order valence-corrected chi connectivity index (χ2v) is 17.2. The van der Waals surface area contributed by atoms with Crippen LogP contribution < -0.4 is 0 Å². The van der Waals surface area contributed by atoms with E-state index in [2.05, 4.69) is 0 Å². The smallest absolute Gasteiger partial charge is 0.313 e. The van der Waals surface area contributed by atoms with Crippen LogP contribution in [0.3, 0.4) is 0 Å². The van der Waals surface area contributed by atoms with Crippen molar-refractivity contribution in [2.45, 2.75) is 156 Å². The molecule has 0 amide bonds. The highest BCUT2D eigenvalue weighted by molar-refractivity contribution is 5.97. The van der Waals surface area contributed by atoms with Gasteiger partial charge in [0.25, 0.3) is 0 Å². The predicted octanol–water partition coefficient (Wildman–Crippen LogP) is 6.45. The fraction of sp³-hybridized carbons (Fsp3) is 0.780. The molecule has 2 aliphatic carbocycles. The third kappa shape index (κ3) is 8.25. The number of ketones is 4. The zero-order chi connectivity index (χ0) is 37.3. The Bertz CT molecular complexity index is 1400. The Kier molecular flexibility index (Phi) is 12.6. The summed E-state index contributed by atoms with van der Waals surface area (Å²) >= 11 is 0. The molecule has 2 fully saturated rings. The maximum atomic E-state index is 14.7. The molecule has 50 heavy (non-hydrogen) atoms. The zero-order valence-corrected chi connectivity index (χ0v) is 31.9. The highest BCUT2D eigenvalue weighted by atomic mass is 16.5. The van der Waals surface area contributed by atoms with Crippen molar-refractivity contribution >= 4 is 29.1 Å². The minimum atomic E-state index is -1.65. The lowest BCUT2D eigenvalue weighted by molar-refractivity contribution is -0.167. The molecule has 0 aromatic carbocycles. The predicted molar refractivity (Wildman–Crippen MR) is 190 cm³/mol. The van der Waals surface area contributed by atoms with Crippen LogP contribution in [0.25, 0.3) is 0 Å². The summed E-state index contributed by atoms with van der Waals surface area (Å²) in [4.78, 5) is 70.8. The Balaban J connectivity index is 2.00. The first-order chi connectivity index (χ1) is 23.2. The number of methoxy groups -OCH3 is 1. The molecule has 0 radical (unpaired) electrons. The molecule has 2 heterocycles. The van der Waals surface area contributed by atoms with E-state index < -0.39 is 52.5 Å². The minimum Gasteiger partial charge on any atom is -0.469 e. The summed E-state index contributed by atoms with van der Waals surface area (Å²) in [7, 11) is 1.29. The average molecular weight is 699 g/mol. The molecule has 2 N–H and O–H groups in total. The third-order valence-electron chi connectivity index (χ3n) is 12.7. The Labute approximate surface area is 299 Å². The molecular formula is C41H62O9. The van der Waals surface area contributed by atoms with E-state index in [-0.39, 0.29) is 92.3 Å². The first kappa shape index (κ1) is 40.3. The number of hydrogen-bond donors (Lipinski definition) is 2. The molecule has 1 saturated carbocycles. The van der Waals surface area contributed by atoms with Crippen LogP contribution in [-0.2, 0) is 33.4 Å². The lowest BCUT2D eigenvalue weighted by Crippen LogP contribution is -2.54. The lowest BCUT2D eigenvalue weighted by Gasteiger charge is -2.49. The number of hydrogen-bond acceptors (Lipinski definition) is 9. The summed E-state index contributed by atoms with van der Waals surface area (Å²) in [5, 5.41) is 22.8. The second-order valence-electron chi connectivity index (χ2n) is 17.2. The Morgan fingerprint density at radius 1 is 0.940 bits per heavy atom. The fourth-order valence-corrected chi connectivity index (χ4v) is 9.29. The van der Waals surface area contributed by atoms with Crippen LogP contribution in [0.2, 0.25) is 0 Å². The molecule has 9 nitrogen and oxygen atoms in total. The van der Waals surface area contributed by atoms with Gasteiger partial charge >= 0.3 is 5.97 Å². The summed E-state index contributed by atoms with van der Waals surface area (Å²) in [6.07, 6.45) is 4.00. The maximum absolute atomic E-state index is 14.7. The highest BCUT2D eigenvalue weighted by Gasteiger charge is 2.61. The topological polar surface area (TPSA) is 144 Å². The van der Waals surface area contributed by atoms with Crippen molar-refractivity contribution in [1.82, 2.24) is 0 Å². The van der Waals surface area contributed by atoms with Gasteiger partial charge in [-0.2, -0.15) is 0 Å². The van der Waals surface area contributed by atoms with Gasteiger partial charge in [-0.1, -0.05) is 57.8 Å². The van der Waals surface area contributed by atoms with E-state index in [0.717, 1.165) is 29.6 Å². The number of Topliss-reactive ketones (excluding diaryl/α,β-unsaturated/α-hetero) is 4. The summed E-state index contributed by atoms with van der Waals surface area (Å²) in [6, 6.07) is 0. The molecule has 1 saturated heterocycles. The van der Waals surface area contributed by atoms with Crippen molar-refractivity contribution in [1.29, 1.82) is 0 Å². The van der Waals surface area contributed by atoms with Crippen LogP contribution in [0, 0.1) is 40.9 Å². The molecule has 0 spiro atoms. The third-order valence-corrected chi connectivity index (χ3v) is 12.7. The number of carbonyl (C=O) groups excluding carboxylic acids is 5. The monoisotopic (exact) mass is 698 g/mol. The van der Waals surface area contributed by atoms with Gasteiger partial charge in [-0.3, -0.25) is 24.0 Å². The zero-order valence-electron chi connectivity index (χ0n) is 31.9. The molecule has 9 heteroatoms. The van der Waals surface area contributed by atoms with Crippen LogP contribution in [0.4, 0.5) is 0 Å². The van der Waals surface area contributed by atoms with Gasteiger partial charge in [0.05, 0.1) is 30.3 Å². The van der Waals surface area contributed by atoms with Crippen LogP contribution in [0.5, 0.6) is 0 Å². The Hall–Kier alpha value is -2.49. The van der Waals surface area contributed by atoms with Gasteiger partial charge in [0.2, 0.25) is 0 Å². The molecule has 2 aliphatic heterocycles. The number of carbonyl (C=O) groups is 5. The van der Waals surface area contributed by atoms with Crippen LogP contribution in [-0.4, -0.2) is 69.8 Å². The van der Waals surface area contributed by atoms with Gasteiger partial charge in [0.1, 0.15) is 23.0 Å². The van der Waals surface area contributed by atoms with Gasteiger partial charge in [-0.25, -0.2) is 0 Å². The maximum Gasteiger partial charge on any atom is 0.313 e. The van der Waals surface area contributed by atoms with Crippen LogP contribution in [0.15, 0.2) is 22.8 Å². The molecule has 0 aromatic rings. The average Bonchev–Trinajstić information content (AvgIpc) is 3.33. The molecule has 10 atom stereocenters. The SMILES string of the molecule is COC(=O)[C@@]12CC(=O)C(C(C)C)CC(=O)[C@@H](C)CCC[C@@H](C)CC(=O)[C@@H]1CC(C)=C1[C@@H]3C[C@@](C)(O)[C@H](CC[C@](C)(O)C(=O)CC/C(C)=C/[C@H]12)O3. The van der Waals surface area contributed by atoms with Gasteiger partial charge in [0, 0.05) is 55.8 Å². The van der Waals surface area contributed by atoms with Crippen LogP contribution in [0.1, 0.15) is 132 Å². The van der Waals surface area contributed by atoms with E-state index in [1.807, 2.05) is 47.6 Å². The fourth-order valence-electron chi connectivity index (χ4n) is 9.29. The number of esters is 1. The minimum absolute atomic E-state index is 0.0121. The molecule has 4 aliphatic rings. The van der Waals surface area contributed by atoms with Gasteiger partial charge in [-0.15, -0.1) is 0 Å². The number of fused-ring (bicyclic) bond motifs is 6. The number of allylic oxidation sites excluding steroid dienone is 3. The first-order valence-electron chi connectivity index (χ1n) is 18.9. The number of aliphatic hydroxyl groups is 2. The van der Waals surface area contributed by atoms with E-state index in [1.165, 1.54) is 14.0 Å². The molecule has 280 valence electrons. The number of ether oxygens (including phenoxy) is 2. The van der Waals surface area contributed by atoms with Crippen molar-refractivity contribution in [3.8, 4) is 0 Å². The Morgan fingerprint density at radius 3 is 2.26 bits per heavy atom. The van der Waals surface area contributed by atoms with Gasteiger partial charge in [0.15, 0.2) is 5.78 Å². The highest BCUT2D eigenvalue weighted by Crippen LogP contribution is 2.57. The van der Waals surface area contributed by atoms with E-state index in [0.29, 0.717) is 12.8 Å². The molecule has 4 rings (SSSR count). The summed E-state index contributed by atoms with van der Waals surface area (Å²) in [5.41, 5.74) is -2.15. The van der Waals surface area contributed by atoms with Gasteiger partial charge in [-0.05, 0) is 77.2 Å². The van der Waals surface area contributed by atoms with E-state index in [1.54, 1.807) is 6.92 Å². The van der Waals surface area contributed by atoms with Crippen molar-refractivity contribution in [3.05, 3.63) is 22.8 Å².